The van der Waals surface area contributed by atoms with Gasteiger partial charge in [-0.15, -0.1) is 0 Å². The molecule has 2 heterocycles. The van der Waals surface area contributed by atoms with Gasteiger partial charge < -0.3 is 14.7 Å². The molecule has 1 amide bonds. The van der Waals surface area contributed by atoms with E-state index in [-0.39, 0.29) is 18.5 Å². The fraction of sp³-hybridized carbons (Fsp3) is 0.421. The SMILES string of the molecule is Cc1ccc2cc(C(=O)N(CC(=O)O)C3CCOCC3)c(C)nc2c1. The molecule has 2 aromatic rings. The van der Waals surface area contributed by atoms with Gasteiger partial charge >= 0.3 is 5.97 Å². The van der Waals surface area contributed by atoms with Crippen LogP contribution in [0.2, 0.25) is 0 Å². The third-order valence-electron chi connectivity index (χ3n) is 4.59. The van der Waals surface area contributed by atoms with E-state index in [0.717, 1.165) is 16.5 Å². The van der Waals surface area contributed by atoms with Crippen molar-refractivity contribution in [1.82, 2.24) is 9.88 Å². The largest absolute Gasteiger partial charge is 0.480 e. The van der Waals surface area contributed by atoms with Gasteiger partial charge in [0.1, 0.15) is 6.54 Å². The molecule has 1 aliphatic rings. The maximum atomic E-state index is 13.1. The fourth-order valence-electron chi connectivity index (χ4n) is 3.25. The molecule has 1 N–H and O–H groups in total. The Hall–Kier alpha value is -2.47. The lowest BCUT2D eigenvalue weighted by atomic mass is 10.0. The molecule has 1 aromatic heterocycles. The molecule has 0 unspecified atom stereocenters. The van der Waals surface area contributed by atoms with Gasteiger partial charge in [0, 0.05) is 24.6 Å². The number of carboxylic acid groups (broad SMARTS) is 1. The van der Waals surface area contributed by atoms with Crippen LogP contribution in [0.15, 0.2) is 24.3 Å². The van der Waals surface area contributed by atoms with Crippen molar-refractivity contribution in [1.29, 1.82) is 0 Å². The van der Waals surface area contributed by atoms with Gasteiger partial charge in [-0.2, -0.15) is 0 Å². The zero-order valence-electron chi connectivity index (χ0n) is 14.5. The topological polar surface area (TPSA) is 79.7 Å². The number of nitrogens with zero attached hydrogens (tertiary/aromatic N) is 2. The normalized spacial score (nSPS) is 15.3. The van der Waals surface area contributed by atoms with E-state index in [0.29, 0.717) is 37.3 Å². The van der Waals surface area contributed by atoms with Crippen LogP contribution in [-0.2, 0) is 9.53 Å². The Morgan fingerprint density at radius 1 is 1.24 bits per heavy atom. The van der Waals surface area contributed by atoms with Crippen LogP contribution in [0.1, 0.15) is 34.5 Å². The maximum absolute atomic E-state index is 13.1. The Morgan fingerprint density at radius 3 is 2.64 bits per heavy atom. The molecule has 0 saturated carbocycles. The number of hydrogen-bond acceptors (Lipinski definition) is 4. The van der Waals surface area contributed by atoms with Crippen molar-refractivity contribution in [3.63, 3.8) is 0 Å². The molecular weight excluding hydrogens is 320 g/mol. The van der Waals surface area contributed by atoms with E-state index >= 15 is 0 Å². The van der Waals surface area contributed by atoms with Crippen molar-refractivity contribution in [2.75, 3.05) is 19.8 Å². The first-order chi connectivity index (χ1) is 12.0. The second-order valence-electron chi connectivity index (χ2n) is 6.49. The zero-order valence-corrected chi connectivity index (χ0v) is 14.5. The molecule has 132 valence electrons. The summed E-state index contributed by atoms with van der Waals surface area (Å²) in [6.45, 7) is 4.56. The number of carbonyl (C=O) groups is 2. The number of hydrogen-bond donors (Lipinski definition) is 1. The Balaban J connectivity index is 1.97. The van der Waals surface area contributed by atoms with Gasteiger partial charge in [-0.3, -0.25) is 14.6 Å². The summed E-state index contributed by atoms with van der Waals surface area (Å²) in [5.74, 6) is -1.29. The van der Waals surface area contributed by atoms with Crippen LogP contribution in [-0.4, -0.2) is 52.7 Å². The zero-order chi connectivity index (χ0) is 18.0. The van der Waals surface area contributed by atoms with Crippen LogP contribution in [0.4, 0.5) is 0 Å². The van der Waals surface area contributed by atoms with Crippen LogP contribution in [0, 0.1) is 13.8 Å². The Morgan fingerprint density at radius 2 is 1.96 bits per heavy atom. The molecule has 25 heavy (non-hydrogen) atoms. The van der Waals surface area contributed by atoms with E-state index < -0.39 is 5.97 Å². The van der Waals surface area contributed by atoms with Crippen molar-refractivity contribution in [3.8, 4) is 0 Å². The van der Waals surface area contributed by atoms with Gasteiger partial charge in [-0.05, 0) is 44.4 Å². The lowest BCUT2D eigenvalue weighted by Gasteiger charge is -2.33. The maximum Gasteiger partial charge on any atom is 0.323 e. The molecular formula is C19H22N2O4. The molecule has 1 aromatic carbocycles. The monoisotopic (exact) mass is 342 g/mol. The van der Waals surface area contributed by atoms with Gasteiger partial charge in [0.2, 0.25) is 0 Å². The Labute approximate surface area is 146 Å². The number of pyridine rings is 1. The van der Waals surface area contributed by atoms with Crippen molar-refractivity contribution in [3.05, 3.63) is 41.1 Å². The van der Waals surface area contributed by atoms with Gasteiger partial charge in [-0.25, -0.2) is 0 Å². The summed E-state index contributed by atoms with van der Waals surface area (Å²) < 4.78 is 5.34. The smallest absolute Gasteiger partial charge is 0.323 e. The van der Waals surface area contributed by atoms with Gasteiger partial charge in [-0.1, -0.05) is 12.1 Å². The van der Waals surface area contributed by atoms with E-state index in [1.54, 1.807) is 6.92 Å². The molecule has 0 bridgehead atoms. The molecule has 0 atom stereocenters. The van der Waals surface area contributed by atoms with Crippen LogP contribution in [0.5, 0.6) is 0 Å². The van der Waals surface area contributed by atoms with Crippen LogP contribution >= 0.6 is 0 Å². The quantitative estimate of drug-likeness (QED) is 0.924. The minimum absolute atomic E-state index is 0.120. The minimum atomic E-state index is -1.01. The highest BCUT2D eigenvalue weighted by atomic mass is 16.5. The number of aryl methyl sites for hydroxylation is 2. The highest BCUT2D eigenvalue weighted by molar-refractivity contribution is 6.00. The molecule has 1 saturated heterocycles. The van der Waals surface area contributed by atoms with Gasteiger partial charge in [0.05, 0.1) is 16.8 Å². The Bertz CT molecular complexity index is 812. The Kier molecular flexibility index (Phi) is 4.99. The standard InChI is InChI=1S/C19H22N2O4/c1-12-3-4-14-10-16(13(2)20-17(14)9-12)19(24)21(11-18(22)23)15-5-7-25-8-6-15/h3-4,9-10,15H,5-8,11H2,1-2H3,(H,22,23). The molecule has 0 spiro atoms. The molecule has 1 aliphatic heterocycles. The number of amides is 1. The predicted molar refractivity (Wildman–Crippen MR) is 93.7 cm³/mol. The second-order valence-corrected chi connectivity index (χ2v) is 6.49. The first-order valence-corrected chi connectivity index (χ1v) is 8.44. The van der Waals surface area contributed by atoms with E-state index in [1.165, 1.54) is 4.90 Å². The minimum Gasteiger partial charge on any atom is -0.480 e. The second kappa shape index (κ2) is 7.19. The summed E-state index contributed by atoms with van der Waals surface area (Å²) >= 11 is 0. The lowest BCUT2D eigenvalue weighted by molar-refractivity contribution is -0.138. The summed E-state index contributed by atoms with van der Waals surface area (Å²) in [7, 11) is 0. The molecule has 3 rings (SSSR count). The summed E-state index contributed by atoms with van der Waals surface area (Å²) in [6.07, 6.45) is 1.30. The summed E-state index contributed by atoms with van der Waals surface area (Å²) in [5, 5.41) is 10.1. The third-order valence-corrected chi connectivity index (χ3v) is 4.59. The van der Waals surface area contributed by atoms with Crippen molar-refractivity contribution in [2.24, 2.45) is 0 Å². The molecule has 6 nitrogen and oxygen atoms in total. The molecule has 1 fully saturated rings. The number of aliphatic carboxylic acids is 1. The third kappa shape index (κ3) is 3.79. The molecule has 6 heteroatoms. The van der Waals surface area contributed by atoms with E-state index in [4.69, 9.17) is 4.74 Å². The van der Waals surface area contributed by atoms with Crippen molar-refractivity contribution in [2.45, 2.75) is 32.7 Å². The summed E-state index contributed by atoms with van der Waals surface area (Å²) in [4.78, 5) is 30.4. The highest BCUT2D eigenvalue weighted by Gasteiger charge is 2.29. The highest BCUT2D eigenvalue weighted by Crippen LogP contribution is 2.22. The van der Waals surface area contributed by atoms with Gasteiger partial charge in [0.15, 0.2) is 0 Å². The molecule has 0 radical (unpaired) electrons. The van der Waals surface area contributed by atoms with Crippen LogP contribution in [0.25, 0.3) is 10.9 Å². The van der Waals surface area contributed by atoms with Crippen molar-refractivity contribution < 1.29 is 19.4 Å². The number of carboxylic acids is 1. The van der Waals surface area contributed by atoms with E-state index in [1.807, 2.05) is 31.2 Å². The van der Waals surface area contributed by atoms with E-state index in [2.05, 4.69) is 4.98 Å². The number of rotatable bonds is 4. The lowest BCUT2D eigenvalue weighted by Crippen LogP contribution is -2.46. The van der Waals surface area contributed by atoms with Crippen LogP contribution in [0.3, 0.4) is 0 Å². The summed E-state index contributed by atoms with van der Waals surface area (Å²) in [6, 6.07) is 7.58. The number of carbonyl (C=O) groups excluding carboxylic acids is 1. The van der Waals surface area contributed by atoms with E-state index in [9.17, 15) is 14.7 Å². The molecule has 0 aliphatic carbocycles. The fourth-order valence-corrected chi connectivity index (χ4v) is 3.25. The number of fused-ring (bicyclic) bond motifs is 1. The average molecular weight is 342 g/mol. The number of ether oxygens (including phenoxy) is 1. The first-order valence-electron chi connectivity index (χ1n) is 8.44. The van der Waals surface area contributed by atoms with Gasteiger partial charge in [0.25, 0.3) is 5.91 Å². The predicted octanol–water partition coefficient (Wildman–Crippen LogP) is 2.56. The average Bonchev–Trinajstić information content (AvgIpc) is 2.59. The number of benzene rings is 1. The first kappa shape index (κ1) is 17.4. The summed E-state index contributed by atoms with van der Waals surface area (Å²) in [5.41, 5.74) is 3.02. The number of aromatic nitrogens is 1. The van der Waals surface area contributed by atoms with Crippen molar-refractivity contribution >= 4 is 22.8 Å². The van der Waals surface area contributed by atoms with Crippen LogP contribution < -0.4 is 0 Å².